The molecule has 0 bridgehead atoms. The smallest absolute Gasteiger partial charge is 0.326 e. The fourth-order valence-electron chi connectivity index (χ4n) is 2.31. The highest BCUT2D eigenvalue weighted by Gasteiger charge is 2.28. The largest absolute Gasteiger partial charge is 0.480 e. The predicted molar refractivity (Wildman–Crippen MR) is 104 cm³/mol. The first kappa shape index (κ1) is 24.6. The molecule has 0 aromatic rings. The molecule has 0 saturated carbocycles. The molecule has 0 spiro atoms. The van der Waals surface area contributed by atoms with Gasteiger partial charge in [-0.05, 0) is 31.1 Å². The number of aliphatic carboxylic acids is 1. The zero-order valence-electron chi connectivity index (χ0n) is 16.6. The summed E-state index contributed by atoms with van der Waals surface area (Å²) in [6.45, 7) is 7.67. The molecule has 156 valence electrons. The van der Waals surface area contributed by atoms with Crippen molar-refractivity contribution in [1.29, 1.82) is 0 Å². The fourth-order valence-corrected chi connectivity index (χ4v) is 2.31. The number of nitrogens with zero attached hydrogens (tertiary/aromatic N) is 1. The van der Waals surface area contributed by atoms with E-state index in [2.05, 4.69) is 15.6 Å². The first-order valence-electron chi connectivity index (χ1n) is 9.10. The van der Waals surface area contributed by atoms with E-state index in [1.54, 1.807) is 13.8 Å². The van der Waals surface area contributed by atoms with Gasteiger partial charge < -0.3 is 32.9 Å². The van der Waals surface area contributed by atoms with Crippen LogP contribution in [0.5, 0.6) is 0 Å². The number of carbonyl (C=O) groups is 3. The van der Waals surface area contributed by atoms with Gasteiger partial charge in [-0.25, -0.2) is 4.79 Å². The van der Waals surface area contributed by atoms with E-state index in [-0.39, 0.29) is 30.8 Å². The van der Waals surface area contributed by atoms with Crippen molar-refractivity contribution in [2.24, 2.45) is 34.0 Å². The Hall–Kier alpha value is -2.36. The van der Waals surface area contributed by atoms with Gasteiger partial charge in [0.05, 0.1) is 6.04 Å². The monoisotopic (exact) mass is 386 g/mol. The van der Waals surface area contributed by atoms with Crippen molar-refractivity contribution in [2.75, 3.05) is 6.54 Å². The lowest BCUT2D eigenvalue weighted by Crippen LogP contribution is -2.55. The maximum Gasteiger partial charge on any atom is 0.326 e. The summed E-state index contributed by atoms with van der Waals surface area (Å²) in [6, 6.07) is -2.71. The Bertz CT molecular complexity index is 532. The van der Waals surface area contributed by atoms with Crippen LogP contribution in [0.15, 0.2) is 4.99 Å². The molecular weight excluding hydrogens is 352 g/mol. The molecule has 10 nitrogen and oxygen atoms in total. The molecule has 2 amide bonds. The van der Waals surface area contributed by atoms with Crippen molar-refractivity contribution in [3.05, 3.63) is 0 Å². The predicted octanol–water partition coefficient (Wildman–Crippen LogP) is -0.876. The average molecular weight is 386 g/mol. The highest BCUT2D eigenvalue weighted by molar-refractivity contribution is 5.91. The van der Waals surface area contributed by atoms with Gasteiger partial charge in [-0.2, -0.15) is 0 Å². The maximum atomic E-state index is 12.6. The van der Waals surface area contributed by atoms with Gasteiger partial charge in [0.1, 0.15) is 12.1 Å². The molecule has 0 heterocycles. The lowest BCUT2D eigenvalue weighted by atomic mass is 10.00. The van der Waals surface area contributed by atoms with E-state index in [0.717, 1.165) is 0 Å². The molecule has 0 saturated heterocycles. The summed E-state index contributed by atoms with van der Waals surface area (Å²) >= 11 is 0. The number of amides is 2. The highest BCUT2D eigenvalue weighted by Crippen LogP contribution is 2.08. The van der Waals surface area contributed by atoms with Crippen LogP contribution in [-0.2, 0) is 14.4 Å². The zero-order valence-corrected chi connectivity index (χ0v) is 16.6. The molecule has 9 N–H and O–H groups in total. The minimum absolute atomic E-state index is 0.0767. The van der Waals surface area contributed by atoms with Crippen LogP contribution in [0.1, 0.15) is 47.0 Å². The Morgan fingerprint density at radius 3 is 2.00 bits per heavy atom. The summed E-state index contributed by atoms with van der Waals surface area (Å²) in [4.78, 5) is 40.0. The van der Waals surface area contributed by atoms with Gasteiger partial charge >= 0.3 is 5.97 Å². The number of carboxylic acid groups (broad SMARTS) is 1. The van der Waals surface area contributed by atoms with Crippen molar-refractivity contribution in [3.8, 4) is 0 Å². The Balaban J connectivity index is 4.98. The number of guanidine groups is 1. The molecular formula is C17H34N6O4. The second kappa shape index (κ2) is 12.1. The summed E-state index contributed by atoms with van der Waals surface area (Å²) in [5.41, 5.74) is 16.3. The normalized spacial score (nSPS) is 14.3. The van der Waals surface area contributed by atoms with Gasteiger partial charge in [-0.3, -0.25) is 14.6 Å². The van der Waals surface area contributed by atoms with Crippen LogP contribution in [0.25, 0.3) is 0 Å². The quantitative estimate of drug-likeness (QED) is 0.143. The van der Waals surface area contributed by atoms with Gasteiger partial charge in [0, 0.05) is 6.54 Å². The summed E-state index contributed by atoms with van der Waals surface area (Å²) in [7, 11) is 0. The first-order chi connectivity index (χ1) is 12.5. The van der Waals surface area contributed by atoms with Crippen LogP contribution in [0.3, 0.4) is 0 Å². The lowest BCUT2D eigenvalue weighted by Gasteiger charge is -2.25. The third-order valence-corrected chi connectivity index (χ3v) is 3.92. The van der Waals surface area contributed by atoms with E-state index in [4.69, 9.17) is 17.2 Å². The Morgan fingerprint density at radius 2 is 1.56 bits per heavy atom. The molecule has 3 unspecified atom stereocenters. The Morgan fingerprint density at radius 1 is 1.00 bits per heavy atom. The lowest BCUT2D eigenvalue weighted by molar-refractivity contribution is -0.142. The molecule has 0 aromatic heterocycles. The third-order valence-electron chi connectivity index (χ3n) is 3.92. The molecule has 0 aliphatic heterocycles. The fraction of sp³-hybridized carbons (Fsp3) is 0.765. The van der Waals surface area contributed by atoms with Crippen molar-refractivity contribution in [2.45, 2.75) is 65.1 Å². The number of carbonyl (C=O) groups excluding carboxylic acids is 2. The number of carboxylic acids is 1. The second-order valence-electron chi connectivity index (χ2n) is 7.31. The van der Waals surface area contributed by atoms with Crippen LogP contribution < -0.4 is 27.8 Å². The van der Waals surface area contributed by atoms with Gasteiger partial charge in [-0.1, -0.05) is 27.7 Å². The molecule has 0 aliphatic rings. The van der Waals surface area contributed by atoms with Crippen molar-refractivity contribution in [1.82, 2.24) is 10.6 Å². The number of nitrogens with two attached hydrogens (primary N) is 3. The SMILES string of the molecule is CC(C)CC(NC(=O)C(N)C(C)C)C(=O)NC(CCCN=C(N)N)C(=O)O. The molecule has 0 radical (unpaired) electrons. The minimum atomic E-state index is -1.17. The summed E-state index contributed by atoms with van der Waals surface area (Å²) in [6.07, 6.45) is 0.906. The van der Waals surface area contributed by atoms with Gasteiger partial charge in [0.15, 0.2) is 5.96 Å². The van der Waals surface area contributed by atoms with Crippen molar-refractivity contribution >= 4 is 23.7 Å². The van der Waals surface area contributed by atoms with E-state index in [9.17, 15) is 19.5 Å². The minimum Gasteiger partial charge on any atom is -0.480 e. The summed E-state index contributed by atoms with van der Waals surface area (Å²) in [5.74, 6) is -2.21. The Kier molecular flexibility index (Phi) is 11.0. The van der Waals surface area contributed by atoms with Crippen molar-refractivity contribution in [3.63, 3.8) is 0 Å². The van der Waals surface area contributed by atoms with E-state index in [0.29, 0.717) is 12.8 Å². The van der Waals surface area contributed by atoms with E-state index in [1.165, 1.54) is 0 Å². The van der Waals surface area contributed by atoms with Crippen LogP contribution in [0.2, 0.25) is 0 Å². The molecule has 0 aliphatic carbocycles. The topological polar surface area (TPSA) is 186 Å². The van der Waals surface area contributed by atoms with Crippen molar-refractivity contribution < 1.29 is 19.5 Å². The van der Waals surface area contributed by atoms with Gasteiger partial charge in [-0.15, -0.1) is 0 Å². The van der Waals surface area contributed by atoms with Crippen LogP contribution >= 0.6 is 0 Å². The second-order valence-corrected chi connectivity index (χ2v) is 7.31. The third kappa shape index (κ3) is 10.4. The molecule has 27 heavy (non-hydrogen) atoms. The van der Waals surface area contributed by atoms with E-state index < -0.39 is 35.9 Å². The number of hydrogen-bond acceptors (Lipinski definition) is 5. The van der Waals surface area contributed by atoms with Crippen LogP contribution in [0.4, 0.5) is 0 Å². The number of aliphatic imine (C=N–C) groups is 1. The maximum absolute atomic E-state index is 12.6. The van der Waals surface area contributed by atoms with Crippen LogP contribution in [0, 0.1) is 11.8 Å². The molecule has 3 atom stereocenters. The zero-order chi connectivity index (χ0) is 21.1. The molecule has 0 rings (SSSR count). The summed E-state index contributed by atoms with van der Waals surface area (Å²) in [5, 5.41) is 14.4. The average Bonchev–Trinajstić information content (AvgIpc) is 2.54. The van der Waals surface area contributed by atoms with Gasteiger partial charge in [0.2, 0.25) is 11.8 Å². The van der Waals surface area contributed by atoms with Gasteiger partial charge in [0.25, 0.3) is 0 Å². The van der Waals surface area contributed by atoms with E-state index in [1.807, 2.05) is 13.8 Å². The molecule has 10 heteroatoms. The standard InChI is InChI=1S/C17H34N6O4/c1-9(2)8-12(23-15(25)13(18)10(3)4)14(24)22-11(16(26)27)6-5-7-21-17(19)20/h9-13H,5-8,18H2,1-4H3,(H,22,24)(H,23,25)(H,26,27)(H4,19,20,21). The van der Waals surface area contributed by atoms with Crippen LogP contribution in [-0.4, -0.2) is 53.5 Å². The van der Waals surface area contributed by atoms with E-state index >= 15 is 0 Å². The first-order valence-corrected chi connectivity index (χ1v) is 9.10. The highest BCUT2D eigenvalue weighted by atomic mass is 16.4. The number of rotatable bonds is 12. The molecule has 0 fully saturated rings. The summed E-state index contributed by atoms with van der Waals surface area (Å²) < 4.78 is 0. The number of hydrogen-bond donors (Lipinski definition) is 6. The molecule has 0 aromatic carbocycles. The number of nitrogens with one attached hydrogen (secondary N) is 2. The Labute approximate surface area is 160 Å².